The van der Waals surface area contributed by atoms with Crippen molar-refractivity contribution in [1.82, 2.24) is 10.2 Å². The molecule has 0 bridgehead atoms. The third kappa shape index (κ3) is 3.57. The van der Waals surface area contributed by atoms with E-state index in [1.54, 1.807) is 18.2 Å². The molecule has 4 aromatic rings. The molecule has 0 fully saturated rings. The molecule has 2 heterocycles. The van der Waals surface area contributed by atoms with Crippen LogP contribution in [0.3, 0.4) is 0 Å². The highest BCUT2D eigenvalue weighted by Crippen LogP contribution is 2.25. The van der Waals surface area contributed by atoms with Crippen LogP contribution >= 0.6 is 11.3 Å². The van der Waals surface area contributed by atoms with E-state index in [1.807, 2.05) is 17.5 Å². The number of amides is 1. The SMILES string of the molecule is O=C(Nc1nnc(-c2cccs2)o1)c1ccc(S(=O)(=O)c2ccccc2)cc1. The molecule has 0 saturated carbocycles. The smallest absolute Gasteiger partial charge is 0.322 e. The third-order valence-electron chi connectivity index (χ3n) is 3.86. The number of sulfone groups is 1. The van der Waals surface area contributed by atoms with Gasteiger partial charge >= 0.3 is 6.01 Å². The van der Waals surface area contributed by atoms with Crippen LogP contribution in [0, 0.1) is 0 Å². The van der Waals surface area contributed by atoms with Crippen molar-refractivity contribution < 1.29 is 17.6 Å². The molecular formula is C19H13N3O4S2. The van der Waals surface area contributed by atoms with Crippen molar-refractivity contribution in [3.8, 4) is 10.8 Å². The van der Waals surface area contributed by atoms with Gasteiger partial charge in [-0.15, -0.1) is 16.4 Å². The van der Waals surface area contributed by atoms with Gasteiger partial charge in [-0.1, -0.05) is 29.4 Å². The zero-order chi connectivity index (χ0) is 19.6. The second kappa shape index (κ2) is 7.37. The molecule has 0 atom stereocenters. The van der Waals surface area contributed by atoms with E-state index in [4.69, 9.17) is 4.42 Å². The quantitative estimate of drug-likeness (QED) is 0.535. The Bertz CT molecular complexity index is 1200. The van der Waals surface area contributed by atoms with E-state index >= 15 is 0 Å². The number of anilines is 1. The minimum absolute atomic E-state index is 0.0330. The van der Waals surface area contributed by atoms with Crippen LogP contribution in [0.2, 0.25) is 0 Å². The number of aromatic nitrogens is 2. The highest BCUT2D eigenvalue weighted by Gasteiger charge is 2.18. The summed E-state index contributed by atoms with van der Waals surface area (Å²) in [4.78, 5) is 13.4. The molecule has 28 heavy (non-hydrogen) atoms. The van der Waals surface area contributed by atoms with E-state index in [1.165, 1.54) is 47.7 Å². The van der Waals surface area contributed by atoms with E-state index in [0.717, 1.165) is 4.88 Å². The van der Waals surface area contributed by atoms with E-state index in [0.29, 0.717) is 5.89 Å². The minimum Gasteiger partial charge on any atom is -0.402 e. The molecule has 9 heteroatoms. The normalized spacial score (nSPS) is 11.3. The molecule has 0 aliphatic rings. The predicted octanol–water partition coefficient (Wildman–Crippen LogP) is 3.88. The second-order valence-electron chi connectivity index (χ2n) is 5.68. The van der Waals surface area contributed by atoms with Crippen LogP contribution in [0.4, 0.5) is 6.01 Å². The average Bonchev–Trinajstić information content (AvgIpc) is 3.40. The summed E-state index contributed by atoms with van der Waals surface area (Å²) >= 11 is 1.44. The molecule has 0 unspecified atom stereocenters. The Morgan fingerprint density at radius 1 is 0.893 bits per heavy atom. The largest absolute Gasteiger partial charge is 0.402 e. The summed E-state index contributed by atoms with van der Waals surface area (Å²) in [7, 11) is -3.63. The number of hydrogen-bond acceptors (Lipinski definition) is 7. The number of nitrogens with one attached hydrogen (secondary N) is 1. The van der Waals surface area contributed by atoms with Crippen LogP contribution in [0.25, 0.3) is 10.8 Å². The van der Waals surface area contributed by atoms with Gasteiger partial charge in [0, 0.05) is 5.56 Å². The second-order valence-corrected chi connectivity index (χ2v) is 8.58. The highest BCUT2D eigenvalue weighted by molar-refractivity contribution is 7.91. The van der Waals surface area contributed by atoms with Crippen molar-refractivity contribution in [3.05, 3.63) is 77.7 Å². The summed E-state index contributed by atoms with van der Waals surface area (Å²) in [5, 5.41) is 12.1. The molecule has 0 saturated heterocycles. The number of carbonyl (C=O) groups excluding carboxylic acids is 1. The van der Waals surface area contributed by atoms with Gasteiger partial charge < -0.3 is 4.42 Å². The zero-order valence-electron chi connectivity index (χ0n) is 14.3. The van der Waals surface area contributed by atoms with Crippen molar-refractivity contribution >= 4 is 33.1 Å². The Morgan fingerprint density at radius 3 is 2.29 bits per heavy atom. The van der Waals surface area contributed by atoms with Gasteiger partial charge in [0.2, 0.25) is 9.84 Å². The Morgan fingerprint density at radius 2 is 1.61 bits per heavy atom. The van der Waals surface area contributed by atoms with Crippen LogP contribution in [-0.2, 0) is 9.84 Å². The average molecular weight is 411 g/mol. The van der Waals surface area contributed by atoms with Gasteiger partial charge in [0.25, 0.3) is 11.8 Å². The van der Waals surface area contributed by atoms with Crippen LogP contribution in [-0.4, -0.2) is 24.5 Å². The molecule has 7 nitrogen and oxygen atoms in total. The summed E-state index contributed by atoms with van der Waals surface area (Å²) in [5.74, 6) is -0.167. The van der Waals surface area contributed by atoms with Crippen molar-refractivity contribution in [1.29, 1.82) is 0 Å². The maximum absolute atomic E-state index is 12.6. The van der Waals surface area contributed by atoms with Crippen LogP contribution in [0.1, 0.15) is 10.4 Å². The molecule has 140 valence electrons. The number of nitrogens with zero attached hydrogens (tertiary/aromatic N) is 2. The first-order valence-electron chi connectivity index (χ1n) is 8.13. The molecule has 0 aliphatic carbocycles. The Labute approximate surface area is 164 Å². The van der Waals surface area contributed by atoms with Crippen molar-refractivity contribution in [2.24, 2.45) is 0 Å². The van der Waals surface area contributed by atoms with Crippen LogP contribution in [0.15, 0.2) is 86.3 Å². The summed E-state index contributed by atoms with van der Waals surface area (Å²) in [6.07, 6.45) is 0. The van der Waals surface area contributed by atoms with E-state index in [9.17, 15) is 13.2 Å². The van der Waals surface area contributed by atoms with Gasteiger partial charge in [0.1, 0.15) is 0 Å². The fourth-order valence-corrected chi connectivity index (χ4v) is 4.39. The zero-order valence-corrected chi connectivity index (χ0v) is 15.9. The van der Waals surface area contributed by atoms with Crippen molar-refractivity contribution in [2.45, 2.75) is 9.79 Å². The first-order valence-corrected chi connectivity index (χ1v) is 10.5. The lowest BCUT2D eigenvalue weighted by atomic mass is 10.2. The molecule has 1 amide bonds. The van der Waals surface area contributed by atoms with E-state index in [2.05, 4.69) is 15.5 Å². The number of carbonyl (C=O) groups is 1. The molecule has 0 aliphatic heterocycles. The minimum atomic E-state index is -3.63. The lowest BCUT2D eigenvalue weighted by Crippen LogP contribution is -2.12. The Hall–Kier alpha value is -3.30. The molecule has 4 rings (SSSR count). The van der Waals surface area contributed by atoms with E-state index in [-0.39, 0.29) is 21.4 Å². The fraction of sp³-hybridized carbons (Fsp3) is 0. The van der Waals surface area contributed by atoms with Crippen LogP contribution in [0.5, 0.6) is 0 Å². The first-order chi connectivity index (χ1) is 13.5. The summed E-state index contributed by atoms with van der Waals surface area (Å²) in [5.41, 5.74) is 0.267. The van der Waals surface area contributed by atoms with Gasteiger partial charge in [0.15, 0.2) is 0 Å². The number of thiophene rings is 1. The maximum Gasteiger partial charge on any atom is 0.322 e. The molecule has 0 radical (unpaired) electrons. The number of benzene rings is 2. The Kier molecular flexibility index (Phi) is 4.76. The number of rotatable bonds is 5. The highest BCUT2D eigenvalue weighted by atomic mass is 32.2. The topological polar surface area (TPSA) is 102 Å². The lowest BCUT2D eigenvalue weighted by molar-refractivity contribution is 0.102. The summed E-state index contributed by atoms with van der Waals surface area (Å²) < 4.78 is 30.6. The van der Waals surface area contributed by atoms with E-state index < -0.39 is 15.7 Å². The van der Waals surface area contributed by atoms with Crippen LogP contribution < -0.4 is 5.32 Å². The summed E-state index contributed by atoms with van der Waals surface area (Å²) in [6, 6.07) is 17.4. The Balaban J connectivity index is 1.50. The molecule has 2 aromatic heterocycles. The van der Waals surface area contributed by atoms with Gasteiger partial charge in [-0.25, -0.2) is 8.42 Å². The molecule has 2 aromatic carbocycles. The van der Waals surface area contributed by atoms with Gasteiger partial charge in [0.05, 0.1) is 14.7 Å². The van der Waals surface area contributed by atoms with Gasteiger partial charge in [-0.05, 0) is 47.8 Å². The monoisotopic (exact) mass is 411 g/mol. The van der Waals surface area contributed by atoms with Crippen molar-refractivity contribution in [2.75, 3.05) is 5.32 Å². The fourth-order valence-electron chi connectivity index (χ4n) is 2.46. The lowest BCUT2D eigenvalue weighted by Gasteiger charge is -2.06. The first kappa shape index (κ1) is 18.1. The third-order valence-corrected chi connectivity index (χ3v) is 6.50. The summed E-state index contributed by atoms with van der Waals surface area (Å²) in [6.45, 7) is 0. The predicted molar refractivity (Wildman–Crippen MR) is 104 cm³/mol. The van der Waals surface area contributed by atoms with Gasteiger partial charge in [-0.3, -0.25) is 10.1 Å². The maximum atomic E-state index is 12.6. The van der Waals surface area contributed by atoms with Gasteiger partial charge in [-0.2, -0.15) is 0 Å². The molecule has 0 spiro atoms. The molecular weight excluding hydrogens is 398 g/mol. The van der Waals surface area contributed by atoms with Crippen molar-refractivity contribution in [3.63, 3.8) is 0 Å². The number of hydrogen-bond donors (Lipinski definition) is 1. The molecule has 1 N–H and O–H groups in total. The standard InChI is InChI=1S/C19H13N3O4S2/c23-17(20-19-22-21-18(26-19)16-7-4-12-27-16)13-8-10-15(11-9-13)28(24,25)14-5-2-1-3-6-14/h1-12H,(H,20,22,23).